The van der Waals surface area contributed by atoms with Gasteiger partial charge in [-0.2, -0.15) is 5.10 Å². The second-order valence-electron chi connectivity index (χ2n) is 5.98. The van der Waals surface area contributed by atoms with Gasteiger partial charge in [-0.05, 0) is 47.5 Å². The first-order chi connectivity index (χ1) is 14.1. The fourth-order valence-electron chi connectivity index (χ4n) is 2.35. The minimum absolute atomic E-state index is 0.0808. The highest BCUT2D eigenvalue weighted by atomic mass is 19.1. The molecule has 0 heterocycles. The average Bonchev–Trinajstić information content (AvgIpc) is 2.75. The molecule has 0 aliphatic rings. The maximum absolute atomic E-state index is 13.5. The highest BCUT2D eigenvalue weighted by Crippen LogP contribution is 2.14. The maximum atomic E-state index is 13.5. The van der Waals surface area contributed by atoms with Crippen molar-refractivity contribution in [2.45, 2.75) is 6.61 Å². The fourth-order valence-corrected chi connectivity index (χ4v) is 2.35. The second kappa shape index (κ2) is 9.80. The fraction of sp³-hybridized carbons (Fsp3) is 0.0455. The van der Waals surface area contributed by atoms with Crippen LogP contribution in [0.5, 0.6) is 5.75 Å². The quantitative estimate of drug-likeness (QED) is 0.383. The molecule has 7 heteroatoms. The molecule has 146 valence electrons. The molecule has 2 amide bonds. The van der Waals surface area contributed by atoms with Gasteiger partial charge in [0.25, 0.3) is 0 Å². The van der Waals surface area contributed by atoms with Crippen LogP contribution in [0.15, 0.2) is 84.0 Å². The van der Waals surface area contributed by atoms with Gasteiger partial charge in [-0.1, -0.05) is 42.5 Å². The van der Waals surface area contributed by atoms with Crippen LogP contribution in [0.3, 0.4) is 0 Å². The molecule has 0 bridgehead atoms. The Kier molecular flexibility index (Phi) is 6.67. The zero-order chi connectivity index (χ0) is 20.5. The smallest absolute Gasteiger partial charge is 0.329 e. The van der Waals surface area contributed by atoms with Gasteiger partial charge >= 0.3 is 11.8 Å². The molecule has 6 nitrogen and oxygen atoms in total. The number of para-hydroxylation sites is 1. The standard InChI is InChI=1S/C22H18FN3O3/c23-19-8-4-5-9-20(19)25-21(27)22(28)26-24-14-16-10-12-18(13-11-16)29-15-17-6-2-1-3-7-17/h1-14H,15H2,(H,25,27)(H,26,28)/b24-14-. The number of hydrogen-bond acceptors (Lipinski definition) is 4. The zero-order valence-electron chi connectivity index (χ0n) is 15.3. The second-order valence-corrected chi connectivity index (χ2v) is 5.98. The minimum atomic E-state index is -1.02. The molecule has 3 aromatic carbocycles. The molecule has 0 unspecified atom stereocenters. The third-order valence-electron chi connectivity index (χ3n) is 3.84. The zero-order valence-corrected chi connectivity index (χ0v) is 15.3. The van der Waals surface area contributed by atoms with Crippen molar-refractivity contribution in [2.24, 2.45) is 5.10 Å². The van der Waals surface area contributed by atoms with Crippen molar-refractivity contribution in [1.29, 1.82) is 0 Å². The SMILES string of the molecule is O=C(N/N=C\c1ccc(OCc2ccccc2)cc1)C(=O)Nc1ccccc1F. The first-order valence-corrected chi connectivity index (χ1v) is 8.77. The monoisotopic (exact) mass is 391 g/mol. The summed E-state index contributed by atoms with van der Waals surface area (Å²) in [6.45, 7) is 0.460. The van der Waals surface area contributed by atoms with Gasteiger partial charge < -0.3 is 10.1 Å². The lowest BCUT2D eigenvalue weighted by Crippen LogP contribution is -2.32. The van der Waals surface area contributed by atoms with Crippen molar-refractivity contribution in [1.82, 2.24) is 5.43 Å². The molecule has 0 radical (unpaired) electrons. The number of benzene rings is 3. The molecule has 0 fully saturated rings. The van der Waals surface area contributed by atoms with Gasteiger partial charge in [0.05, 0.1) is 11.9 Å². The number of halogens is 1. The van der Waals surface area contributed by atoms with Crippen molar-refractivity contribution in [3.05, 3.63) is 95.8 Å². The molecule has 0 saturated heterocycles. The van der Waals surface area contributed by atoms with Gasteiger partial charge in [0.15, 0.2) is 0 Å². The Morgan fingerprint density at radius 1 is 0.897 bits per heavy atom. The van der Waals surface area contributed by atoms with Crippen molar-refractivity contribution in [3.8, 4) is 5.75 Å². The largest absolute Gasteiger partial charge is 0.489 e. The van der Waals surface area contributed by atoms with E-state index in [1.54, 1.807) is 30.3 Å². The molecule has 2 N–H and O–H groups in total. The molecule has 0 aliphatic heterocycles. The number of carbonyl (C=O) groups is 2. The Bertz CT molecular complexity index is 1010. The van der Waals surface area contributed by atoms with E-state index in [9.17, 15) is 14.0 Å². The van der Waals surface area contributed by atoms with E-state index < -0.39 is 17.6 Å². The van der Waals surface area contributed by atoms with Crippen LogP contribution in [-0.4, -0.2) is 18.0 Å². The van der Waals surface area contributed by atoms with Crippen LogP contribution >= 0.6 is 0 Å². The number of nitrogens with zero attached hydrogens (tertiary/aromatic N) is 1. The van der Waals surface area contributed by atoms with Crippen LogP contribution in [0.2, 0.25) is 0 Å². The molecule has 29 heavy (non-hydrogen) atoms. The number of anilines is 1. The van der Waals surface area contributed by atoms with Gasteiger partial charge in [-0.25, -0.2) is 9.82 Å². The topological polar surface area (TPSA) is 79.8 Å². The lowest BCUT2D eigenvalue weighted by Gasteiger charge is -2.06. The number of rotatable bonds is 6. The number of nitrogens with one attached hydrogen (secondary N) is 2. The van der Waals surface area contributed by atoms with E-state index in [0.29, 0.717) is 17.9 Å². The Morgan fingerprint density at radius 2 is 1.59 bits per heavy atom. The van der Waals surface area contributed by atoms with Crippen molar-refractivity contribution >= 4 is 23.7 Å². The number of hydrazone groups is 1. The van der Waals surface area contributed by atoms with Crippen molar-refractivity contribution in [2.75, 3.05) is 5.32 Å². The Hall–Kier alpha value is -4.00. The van der Waals surface area contributed by atoms with Gasteiger partial charge in [0, 0.05) is 0 Å². The van der Waals surface area contributed by atoms with E-state index in [-0.39, 0.29) is 5.69 Å². The summed E-state index contributed by atoms with van der Waals surface area (Å²) in [5, 5.41) is 5.91. The van der Waals surface area contributed by atoms with Crippen LogP contribution in [0.4, 0.5) is 10.1 Å². The van der Waals surface area contributed by atoms with Crippen LogP contribution in [-0.2, 0) is 16.2 Å². The summed E-state index contributed by atoms with van der Waals surface area (Å²) in [6.07, 6.45) is 1.38. The molecule has 0 atom stereocenters. The van der Waals surface area contributed by atoms with Gasteiger partial charge in [0.2, 0.25) is 0 Å². The summed E-state index contributed by atoms with van der Waals surface area (Å²) in [4.78, 5) is 23.5. The lowest BCUT2D eigenvalue weighted by atomic mass is 10.2. The Morgan fingerprint density at radius 3 is 2.31 bits per heavy atom. The van der Waals surface area contributed by atoms with Gasteiger partial charge in [-0.3, -0.25) is 9.59 Å². The summed E-state index contributed by atoms with van der Waals surface area (Å²) in [5.41, 5.74) is 3.78. The molecule has 3 rings (SSSR count). The van der Waals surface area contributed by atoms with Gasteiger partial charge in [-0.15, -0.1) is 0 Å². The summed E-state index contributed by atoms with van der Waals surface area (Å²) in [7, 11) is 0. The maximum Gasteiger partial charge on any atom is 0.329 e. The highest BCUT2D eigenvalue weighted by molar-refractivity contribution is 6.39. The predicted molar refractivity (Wildman–Crippen MR) is 108 cm³/mol. The molecule has 0 aliphatic carbocycles. The number of hydrogen-bond donors (Lipinski definition) is 2. The lowest BCUT2D eigenvalue weighted by molar-refractivity contribution is -0.136. The first kappa shape index (κ1) is 19.8. The molecular formula is C22H18FN3O3. The van der Waals surface area contributed by atoms with Crippen LogP contribution in [0.25, 0.3) is 0 Å². The summed E-state index contributed by atoms with van der Waals surface area (Å²) in [6, 6.07) is 22.4. The van der Waals surface area contributed by atoms with E-state index in [2.05, 4.69) is 15.8 Å². The van der Waals surface area contributed by atoms with Crippen molar-refractivity contribution < 1.29 is 18.7 Å². The highest BCUT2D eigenvalue weighted by Gasteiger charge is 2.14. The first-order valence-electron chi connectivity index (χ1n) is 8.77. The van der Waals surface area contributed by atoms with E-state index in [1.807, 2.05) is 30.3 Å². The van der Waals surface area contributed by atoms with Crippen LogP contribution < -0.4 is 15.5 Å². The molecule has 0 aromatic heterocycles. The van der Waals surface area contributed by atoms with E-state index >= 15 is 0 Å². The minimum Gasteiger partial charge on any atom is -0.489 e. The Balaban J connectivity index is 1.47. The van der Waals surface area contributed by atoms with Crippen LogP contribution in [0, 0.1) is 5.82 Å². The number of carbonyl (C=O) groups excluding carboxylic acids is 2. The van der Waals surface area contributed by atoms with Crippen molar-refractivity contribution in [3.63, 3.8) is 0 Å². The predicted octanol–water partition coefficient (Wildman–Crippen LogP) is 3.49. The molecule has 3 aromatic rings. The van der Waals surface area contributed by atoms with E-state index in [1.165, 1.54) is 24.4 Å². The van der Waals surface area contributed by atoms with E-state index in [0.717, 1.165) is 5.56 Å². The van der Waals surface area contributed by atoms with Gasteiger partial charge in [0.1, 0.15) is 18.2 Å². The third kappa shape index (κ3) is 6.00. The Labute approximate surface area is 167 Å². The number of amides is 2. The summed E-state index contributed by atoms with van der Waals surface area (Å²) in [5.74, 6) is -1.96. The number of ether oxygens (including phenoxy) is 1. The summed E-state index contributed by atoms with van der Waals surface area (Å²) < 4.78 is 19.2. The average molecular weight is 391 g/mol. The molecule has 0 spiro atoms. The summed E-state index contributed by atoms with van der Waals surface area (Å²) >= 11 is 0. The normalized spacial score (nSPS) is 10.5. The van der Waals surface area contributed by atoms with Crippen LogP contribution in [0.1, 0.15) is 11.1 Å². The third-order valence-corrected chi connectivity index (χ3v) is 3.84. The molecular weight excluding hydrogens is 373 g/mol. The molecule has 0 saturated carbocycles. The van der Waals surface area contributed by atoms with E-state index in [4.69, 9.17) is 4.74 Å².